The summed E-state index contributed by atoms with van der Waals surface area (Å²) < 4.78 is 6.01. The molecule has 0 aliphatic heterocycles. The van der Waals surface area contributed by atoms with E-state index in [1.54, 1.807) is 0 Å². The van der Waals surface area contributed by atoms with Crippen molar-refractivity contribution < 1.29 is 31.0 Å². The molecule has 0 aromatic carbocycles. The Hall–Kier alpha value is -0.610. The summed E-state index contributed by atoms with van der Waals surface area (Å²) in [5.41, 5.74) is 2.63. The monoisotopic (exact) mass is 375 g/mol. The molecule has 0 aliphatic rings. The van der Waals surface area contributed by atoms with E-state index in [-0.39, 0.29) is 23.0 Å². The van der Waals surface area contributed by atoms with Crippen LogP contribution in [0.15, 0.2) is 23.3 Å². The van der Waals surface area contributed by atoms with Crippen LogP contribution in [0.4, 0.5) is 0 Å². The summed E-state index contributed by atoms with van der Waals surface area (Å²) in [6.45, 7) is 10.3. The molecule has 130 valence electrons. The molecule has 0 saturated carbocycles. The summed E-state index contributed by atoms with van der Waals surface area (Å²) in [6, 6.07) is 0. The Balaban J connectivity index is 0. The number of allylic oxidation sites excluding steroid dienone is 3. The molecule has 0 saturated heterocycles. The first kappa shape index (κ1) is 23.7. The molecule has 0 bridgehead atoms. The van der Waals surface area contributed by atoms with Gasteiger partial charge < -0.3 is 26.2 Å². The zero-order chi connectivity index (χ0) is 16.3. The minimum Gasteiger partial charge on any atom is -1.00 e. The molecular formula is C18H34BrNO2. The highest BCUT2D eigenvalue weighted by atomic mass is 79.9. The van der Waals surface area contributed by atoms with Crippen molar-refractivity contribution in [3.05, 3.63) is 23.3 Å². The Morgan fingerprint density at radius 1 is 1.14 bits per heavy atom. The highest BCUT2D eigenvalue weighted by Crippen LogP contribution is 2.07. The van der Waals surface area contributed by atoms with Gasteiger partial charge >= 0.3 is 5.97 Å². The van der Waals surface area contributed by atoms with Crippen LogP contribution in [0, 0.1) is 0 Å². The number of likely N-dealkylation sites (N-methyl/N-ethyl adjacent to an activating group) is 1. The number of hydrogen-bond donors (Lipinski definition) is 0. The molecule has 0 heterocycles. The van der Waals surface area contributed by atoms with Gasteiger partial charge in [-0.05, 0) is 46.1 Å². The third-order valence-corrected chi connectivity index (χ3v) is 3.44. The van der Waals surface area contributed by atoms with Crippen molar-refractivity contribution in [3.63, 3.8) is 0 Å². The lowest BCUT2D eigenvalue weighted by atomic mass is 10.1. The number of carbonyl (C=O) groups is 1. The average molecular weight is 376 g/mol. The molecule has 0 spiro atoms. The quantitative estimate of drug-likeness (QED) is 0.324. The molecule has 0 amide bonds. The fourth-order valence-corrected chi connectivity index (χ4v) is 2.03. The molecule has 4 heteroatoms. The van der Waals surface area contributed by atoms with Crippen LogP contribution in [-0.2, 0) is 9.53 Å². The van der Waals surface area contributed by atoms with Gasteiger partial charge in [-0.3, -0.25) is 0 Å². The molecule has 22 heavy (non-hydrogen) atoms. The second kappa shape index (κ2) is 12.9. The van der Waals surface area contributed by atoms with Crippen molar-refractivity contribution in [2.24, 2.45) is 0 Å². The number of hydrogen-bond acceptors (Lipinski definition) is 2. The molecule has 0 N–H and O–H groups in total. The number of ether oxygens (including phenoxy) is 1. The van der Waals surface area contributed by atoms with Crippen LogP contribution >= 0.6 is 0 Å². The summed E-state index contributed by atoms with van der Waals surface area (Å²) in [7, 11) is 4.16. The number of quaternary nitrogens is 1. The van der Waals surface area contributed by atoms with Crippen molar-refractivity contribution in [2.45, 2.75) is 53.4 Å². The lowest BCUT2D eigenvalue weighted by Gasteiger charge is -2.28. The van der Waals surface area contributed by atoms with Crippen LogP contribution < -0.4 is 17.0 Å². The van der Waals surface area contributed by atoms with Crippen LogP contribution in [0.3, 0.4) is 0 Å². The summed E-state index contributed by atoms with van der Waals surface area (Å²) in [6.07, 6.45) is 8.63. The summed E-state index contributed by atoms with van der Waals surface area (Å²) in [5.74, 6) is -0.107. The van der Waals surface area contributed by atoms with E-state index in [4.69, 9.17) is 4.74 Å². The van der Waals surface area contributed by atoms with E-state index in [0.717, 1.165) is 32.2 Å². The van der Waals surface area contributed by atoms with Gasteiger partial charge in [-0.25, -0.2) is 4.79 Å². The first-order valence-corrected chi connectivity index (χ1v) is 8.03. The predicted octanol–water partition coefficient (Wildman–Crippen LogP) is 1.10. The molecule has 0 atom stereocenters. The molecule has 3 nitrogen and oxygen atoms in total. The minimum absolute atomic E-state index is 0. The average Bonchev–Trinajstić information content (AvgIpc) is 2.35. The van der Waals surface area contributed by atoms with Crippen molar-refractivity contribution >= 4 is 5.97 Å². The van der Waals surface area contributed by atoms with E-state index in [1.807, 2.05) is 6.08 Å². The first-order chi connectivity index (χ1) is 9.76. The number of unbranched alkanes of at least 4 members (excludes halogenated alkanes) is 1. The first-order valence-electron chi connectivity index (χ1n) is 8.03. The van der Waals surface area contributed by atoms with Crippen molar-refractivity contribution in [3.8, 4) is 0 Å². The van der Waals surface area contributed by atoms with Gasteiger partial charge in [-0.1, -0.05) is 30.6 Å². The zero-order valence-electron chi connectivity index (χ0n) is 15.2. The number of esters is 1. The Morgan fingerprint density at radius 3 is 2.32 bits per heavy atom. The second-order valence-electron chi connectivity index (χ2n) is 6.72. The molecular weight excluding hydrogens is 342 g/mol. The number of carbonyl (C=O) groups excluding carboxylic acids is 1. The summed E-state index contributed by atoms with van der Waals surface area (Å²) in [4.78, 5) is 11.8. The van der Waals surface area contributed by atoms with Gasteiger partial charge in [0.25, 0.3) is 0 Å². The topological polar surface area (TPSA) is 26.3 Å². The zero-order valence-corrected chi connectivity index (χ0v) is 16.8. The smallest absolute Gasteiger partial charge is 0.362 e. The van der Waals surface area contributed by atoms with Gasteiger partial charge in [0.1, 0.15) is 6.61 Å². The van der Waals surface area contributed by atoms with Gasteiger partial charge in [0.2, 0.25) is 0 Å². The maximum atomic E-state index is 11.8. The minimum atomic E-state index is -0.107. The predicted molar refractivity (Wildman–Crippen MR) is 90.1 cm³/mol. The van der Waals surface area contributed by atoms with Crippen LogP contribution in [0.1, 0.15) is 53.4 Å². The van der Waals surface area contributed by atoms with Crippen LogP contribution in [0.2, 0.25) is 0 Å². The van der Waals surface area contributed by atoms with E-state index < -0.39 is 0 Å². The van der Waals surface area contributed by atoms with E-state index in [2.05, 4.69) is 47.9 Å². The molecule has 0 aromatic heterocycles. The van der Waals surface area contributed by atoms with E-state index in [9.17, 15) is 4.79 Å². The maximum absolute atomic E-state index is 11.8. The second-order valence-corrected chi connectivity index (χ2v) is 6.72. The summed E-state index contributed by atoms with van der Waals surface area (Å²) in [5, 5.41) is 0. The molecule has 0 fully saturated rings. The molecule has 0 aromatic rings. The van der Waals surface area contributed by atoms with Crippen molar-refractivity contribution in [1.82, 2.24) is 0 Å². The van der Waals surface area contributed by atoms with Crippen LogP contribution in [0.25, 0.3) is 0 Å². The Bertz CT molecular complexity index is 369. The van der Waals surface area contributed by atoms with Crippen molar-refractivity contribution in [1.29, 1.82) is 0 Å². The van der Waals surface area contributed by atoms with Crippen LogP contribution in [-0.4, -0.2) is 44.2 Å². The lowest BCUT2D eigenvalue weighted by molar-refractivity contribution is -0.883. The normalized spacial score (nSPS) is 11.6. The Kier molecular flexibility index (Phi) is 13.9. The van der Waals surface area contributed by atoms with E-state index in [0.29, 0.717) is 17.6 Å². The number of nitrogens with zero attached hydrogens (tertiary/aromatic N) is 1. The van der Waals surface area contributed by atoms with Crippen molar-refractivity contribution in [2.75, 3.05) is 33.8 Å². The third kappa shape index (κ3) is 14.3. The molecule has 0 radical (unpaired) electrons. The van der Waals surface area contributed by atoms with Gasteiger partial charge in [0.15, 0.2) is 6.54 Å². The highest BCUT2D eigenvalue weighted by Gasteiger charge is 2.20. The summed E-state index contributed by atoms with van der Waals surface area (Å²) >= 11 is 0. The molecule has 0 rings (SSSR count). The Labute approximate surface area is 147 Å². The van der Waals surface area contributed by atoms with Gasteiger partial charge in [0.05, 0.1) is 20.6 Å². The maximum Gasteiger partial charge on any atom is 0.362 e. The number of halogens is 1. The van der Waals surface area contributed by atoms with E-state index in [1.165, 1.54) is 11.1 Å². The highest BCUT2D eigenvalue weighted by molar-refractivity contribution is 5.70. The van der Waals surface area contributed by atoms with Gasteiger partial charge in [-0.15, -0.1) is 0 Å². The van der Waals surface area contributed by atoms with E-state index >= 15 is 0 Å². The Morgan fingerprint density at radius 2 is 1.77 bits per heavy atom. The van der Waals surface area contributed by atoms with Gasteiger partial charge in [0, 0.05) is 0 Å². The number of rotatable bonds is 10. The fourth-order valence-electron chi connectivity index (χ4n) is 2.03. The molecule has 0 aliphatic carbocycles. The fraction of sp³-hybridized carbons (Fsp3) is 0.722. The molecule has 0 unspecified atom stereocenters. The largest absolute Gasteiger partial charge is 1.00 e. The lowest BCUT2D eigenvalue weighted by Crippen LogP contribution is -3.00. The van der Waals surface area contributed by atoms with Gasteiger partial charge in [-0.2, -0.15) is 0 Å². The third-order valence-electron chi connectivity index (χ3n) is 3.44. The SMILES string of the molecule is CCCC[N+](C)(C)CC(=O)OC/C=C(\C)CCC=C(C)C.[Br-]. The van der Waals surface area contributed by atoms with Crippen LogP contribution in [0.5, 0.6) is 0 Å². The standard InChI is InChI=1S/C18H34NO2.BrH/c1-7-8-13-19(5,6)15-18(20)21-14-12-17(4)11-9-10-16(2)3;/h10,12H,7-9,11,13-15H2,1-6H3;1H/q+1;/p-1/b17-12+;.